The third kappa shape index (κ3) is 3.62. The molecule has 2 heterocycles. The molecular formula is C16H23N3O3. The first kappa shape index (κ1) is 16.4. The van der Waals surface area contributed by atoms with E-state index in [1.807, 2.05) is 19.1 Å². The highest BCUT2D eigenvalue weighted by Gasteiger charge is 2.38. The van der Waals surface area contributed by atoms with Crippen LogP contribution in [0.5, 0.6) is 0 Å². The minimum Gasteiger partial charge on any atom is -0.376 e. The highest BCUT2D eigenvalue weighted by Crippen LogP contribution is 2.30. The molecule has 2 rings (SSSR count). The van der Waals surface area contributed by atoms with E-state index in [-0.39, 0.29) is 18.2 Å². The Kier molecular flexibility index (Phi) is 5.13. The van der Waals surface area contributed by atoms with Gasteiger partial charge >= 0.3 is 0 Å². The monoisotopic (exact) mass is 305 g/mol. The number of primary amides is 1. The molecule has 6 nitrogen and oxygen atoms in total. The van der Waals surface area contributed by atoms with Crippen LogP contribution in [0.1, 0.15) is 41.7 Å². The average molecular weight is 305 g/mol. The fraction of sp³-hybridized carbons (Fsp3) is 0.562. The molecule has 0 bridgehead atoms. The lowest BCUT2D eigenvalue weighted by Crippen LogP contribution is -2.52. The van der Waals surface area contributed by atoms with Crippen LogP contribution >= 0.6 is 0 Å². The Morgan fingerprint density at radius 1 is 1.50 bits per heavy atom. The lowest BCUT2D eigenvalue weighted by Gasteiger charge is -2.41. The topological polar surface area (TPSA) is 85.5 Å². The smallest absolute Gasteiger partial charge is 0.272 e. The van der Waals surface area contributed by atoms with Gasteiger partial charge in [0.2, 0.25) is 5.91 Å². The number of carbonyl (C=O) groups is 2. The Balaban J connectivity index is 2.13. The van der Waals surface area contributed by atoms with E-state index in [1.54, 1.807) is 18.2 Å². The van der Waals surface area contributed by atoms with Gasteiger partial charge in [-0.15, -0.1) is 0 Å². The van der Waals surface area contributed by atoms with Crippen LogP contribution in [0.4, 0.5) is 0 Å². The van der Waals surface area contributed by atoms with E-state index >= 15 is 0 Å². The van der Waals surface area contributed by atoms with Gasteiger partial charge in [0.1, 0.15) is 5.69 Å². The predicted octanol–water partition coefficient (Wildman–Crippen LogP) is 1.28. The molecule has 120 valence electrons. The third-order valence-corrected chi connectivity index (χ3v) is 4.30. The summed E-state index contributed by atoms with van der Waals surface area (Å²) in [6.07, 6.45) is 4.08. The number of nitrogens with two attached hydrogens (primary N) is 1. The summed E-state index contributed by atoms with van der Waals surface area (Å²) in [6.45, 7) is 3.02. The van der Waals surface area contributed by atoms with Crippen molar-refractivity contribution in [1.82, 2.24) is 9.88 Å². The maximum atomic E-state index is 12.7. The minimum absolute atomic E-state index is 0.0849. The van der Waals surface area contributed by atoms with Gasteiger partial charge in [-0.2, -0.15) is 0 Å². The fourth-order valence-electron chi connectivity index (χ4n) is 2.95. The maximum Gasteiger partial charge on any atom is 0.272 e. The standard InChI is InChI=1S/C16H23N3O3/c1-12-5-3-9-18-14(12)15(21)19-10-4-7-16(11-19,22-2)8-6-13(17)20/h3,5,9H,4,6-8,10-11H2,1-2H3,(H2,17,20)/t16-/m0/s1. The molecule has 2 amide bonds. The molecule has 0 aliphatic carbocycles. The molecule has 1 aromatic heterocycles. The van der Waals surface area contributed by atoms with E-state index in [4.69, 9.17) is 10.5 Å². The number of aryl methyl sites for hydroxylation is 1. The second-order valence-electron chi connectivity index (χ2n) is 5.85. The Hall–Kier alpha value is -1.95. The number of piperidine rings is 1. The van der Waals surface area contributed by atoms with Crippen molar-refractivity contribution in [3.05, 3.63) is 29.6 Å². The molecule has 1 aliphatic heterocycles. The van der Waals surface area contributed by atoms with Gasteiger partial charge < -0.3 is 15.4 Å². The summed E-state index contributed by atoms with van der Waals surface area (Å²) in [6, 6.07) is 3.69. The number of rotatable bonds is 5. The van der Waals surface area contributed by atoms with Crippen LogP contribution in [0.15, 0.2) is 18.3 Å². The summed E-state index contributed by atoms with van der Waals surface area (Å²) in [5, 5.41) is 0. The van der Waals surface area contributed by atoms with Crippen LogP contribution < -0.4 is 5.73 Å². The van der Waals surface area contributed by atoms with Crippen LogP contribution in [0.3, 0.4) is 0 Å². The van der Waals surface area contributed by atoms with Crippen molar-refractivity contribution >= 4 is 11.8 Å². The zero-order chi connectivity index (χ0) is 16.2. The fourth-order valence-corrected chi connectivity index (χ4v) is 2.95. The number of methoxy groups -OCH3 is 1. The third-order valence-electron chi connectivity index (χ3n) is 4.30. The number of carbonyl (C=O) groups excluding carboxylic acids is 2. The van der Waals surface area contributed by atoms with E-state index in [9.17, 15) is 9.59 Å². The van der Waals surface area contributed by atoms with Crippen LogP contribution in [0.25, 0.3) is 0 Å². The first-order chi connectivity index (χ1) is 10.5. The minimum atomic E-state index is -0.494. The van der Waals surface area contributed by atoms with E-state index in [1.165, 1.54) is 0 Å². The molecule has 0 radical (unpaired) electrons. The Labute approximate surface area is 130 Å². The first-order valence-corrected chi connectivity index (χ1v) is 7.52. The van der Waals surface area contributed by atoms with Crippen LogP contribution in [-0.4, -0.2) is 47.5 Å². The molecule has 0 saturated carbocycles. The van der Waals surface area contributed by atoms with Crippen LogP contribution in [0.2, 0.25) is 0 Å². The van der Waals surface area contributed by atoms with E-state index in [2.05, 4.69) is 4.98 Å². The number of nitrogens with zero attached hydrogens (tertiary/aromatic N) is 2. The molecule has 0 unspecified atom stereocenters. The van der Waals surface area contributed by atoms with Crippen molar-refractivity contribution in [2.45, 2.75) is 38.2 Å². The second kappa shape index (κ2) is 6.87. The van der Waals surface area contributed by atoms with Crippen LogP contribution in [0, 0.1) is 6.92 Å². The van der Waals surface area contributed by atoms with Crippen molar-refractivity contribution in [2.24, 2.45) is 5.73 Å². The van der Waals surface area contributed by atoms with Gasteiger partial charge in [0, 0.05) is 26.3 Å². The number of likely N-dealkylation sites (tertiary alicyclic amines) is 1. The zero-order valence-electron chi connectivity index (χ0n) is 13.2. The number of aromatic nitrogens is 1. The Bertz CT molecular complexity index is 561. The SMILES string of the molecule is CO[C@]1(CCC(N)=O)CCCN(C(=O)c2ncccc2C)C1. The van der Waals surface area contributed by atoms with Gasteiger partial charge in [0.15, 0.2) is 0 Å². The maximum absolute atomic E-state index is 12.7. The summed E-state index contributed by atoms with van der Waals surface area (Å²) in [5.41, 5.74) is 6.08. The summed E-state index contributed by atoms with van der Waals surface area (Å²) < 4.78 is 5.65. The van der Waals surface area contributed by atoms with Gasteiger partial charge in [-0.05, 0) is 37.8 Å². The highest BCUT2D eigenvalue weighted by atomic mass is 16.5. The molecule has 1 aromatic rings. The van der Waals surface area contributed by atoms with Gasteiger partial charge in [-0.25, -0.2) is 0 Å². The summed E-state index contributed by atoms with van der Waals surface area (Å²) in [5.74, 6) is -0.432. The van der Waals surface area contributed by atoms with Crippen molar-refractivity contribution in [2.75, 3.05) is 20.2 Å². The second-order valence-corrected chi connectivity index (χ2v) is 5.85. The number of hydrogen-bond acceptors (Lipinski definition) is 4. The molecule has 22 heavy (non-hydrogen) atoms. The summed E-state index contributed by atoms with van der Waals surface area (Å²) >= 11 is 0. The lowest BCUT2D eigenvalue weighted by molar-refractivity contribution is -0.121. The van der Waals surface area contributed by atoms with Gasteiger partial charge in [-0.3, -0.25) is 14.6 Å². The molecule has 1 saturated heterocycles. The van der Waals surface area contributed by atoms with Gasteiger partial charge in [0.05, 0.1) is 12.1 Å². The van der Waals surface area contributed by atoms with Gasteiger partial charge in [-0.1, -0.05) is 6.07 Å². The number of hydrogen-bond donors (Lipinski definition) is 1. The molecule has 1 fully saturated rings. The summed E-state index contributed by atoms with van der Waals surface area (Å²) in [4.78, 5) is 29.7. The van der Waals surface area contributed by atoms with Crippen molar-refractivity contribution in [3.8, 4) is 0 Å². The largest absolute Gasteiger partial charge is 0.376 e. The molecule has 0 spiro atoms. The molecule has 6 heteroatoms. The van der Waals surface area contributed by atoms with Crippen LogP contribution in [-0.2, 0) is 9.53 Å². The Morgan fingerprint density at radius 2 is 2.27 bits per heavy atom. The van der Waals surface area contributed by atoms with Crippen molar-refractivity contribution < 1.29 is 14.3 Å². The van der Waals surface area contributed by atoms with Gasteiger partial charge in [0.25, 0.3) is 5.91 Å². The highest BCUT2D eigenvalue weighted by molar-refractivity contribution is 5.93. The summed E-state index contributed by atoms with van der Waals surface area (Å²) in [7, 11) is 1.63. The molecule has 0 aromatic carbocycles. The average Bonchev–Trinajstić information content (AvgIpc) is 2.53. The van der Waals surface area contributed by atoms with E-state index in [0.29, 0.717) is 25.2 Å². The Morgan fingerprint density at radius 3 is 2.91 bits per heavy atom. The van der Waals surface area contributed by atoms with Crippen molar-refractivity contribution in [1.29, 1.82) is 0 Å². The molecule has 1 atom stereocenters. The number of pyridine rings is 1. The normalized spacial score (nSPS) is 21.6. The number of amides is 2. The number of ether oxygens (including phenoxy) is 1. The lowest BCUT2D eigenvalue weighted by atomic mass is 9.87. The molecular weight excluding hydrogens is 282 g/mol. The first-order valence-electron chi connectivity index (χ1n) is 7.52. The molecule has 1 aliphatic rings. The molecule has 2 N–H and O–H groups in total. The van der Waals surface area contributed by atoms with Crippen molar-refractivity contribution in [3.63, 3.8) is 0 Å². The van der Waals surface area contributed by atoms with E-state index in [0.717, 1.165) is 18.4 Å². The predicted molar refractivity (Wildman–Crippen MR) is 82.3 cm³/mol. The zero-order valence-corrected chi connectivity index (χ0v) is 13.2. The van der Waals surface area contributed by atoms with E-state index < -0.39 is 5.60 Å². The quantitative estimate of drug-likeness (QED) is 0.888.